The summed E-state index contributed by atoms with van der Waals surface area (Å²) in [5.74, 6) is -0.0556. The predicted octanol–water partition coefficient (Wildman–Crippen LogP) is 3.73. The van der Waals surface area contributed by atoms with Gasteiger partial charge in [0.2, 0.25) is 11.8 Å². The Morgan fingerprint density at radius 1 is 1.05 bits per heavy atom. The summed E-state index contributed by atoms with van der Waals surface area (Å²) in [6.07, 6.45) is 8.58. The molecule has 3 fully saturated rings. The number of amides is 2. The molecular weight excluding hydrogens is 490 g/mol. The molecule has 0 radical (unpaired) electrons. The van der Waals surface area contributed by atoms with E-state index in [-0.39, 0.29) is 30.1 Å². The van der Waals surface area contributed by atoms with Gasteiger partial charge in [0.15, 0.2) is 0 Å². The highest BCUT2D eigenvalue weighted by molar-refractivity contribution is 6.00. The molecule has 1 aliphatic carbocycles. The molecule has 0 bridgehead atoms. The fraction of sp³-hybridized carbons (Fsp3) is 0.821. The Morgan fingerprint density at radius 3 is 2.35 bits per heavy atom. The summed E-state index contributed by atoms with van der Waals surface area (Å²) in [6, 6.07) is -0.809. The maximum atomic E-state index is 13.8. The van der Waals surface area contributed by atoms with Gasteiger partial charge < -0.3 is 15.3 Å². The summed E-state index contributed by atoms with van der Waals surface area (Å²) >= 11 is 0. The summed E-state index contributed by atoms with van der Waals surface area (Å²) in [5.41, 5.74) is 2.78. The second-order valence-electron chi connectivity index (χ2n) is 11.4. The standard InChI is InChI=1S/C28H47N5O3.ClH/c1-5-7-16-32-26(35)24(25(34)22-11-9-8-10-12-22)29-27(36)28(32)13-17-31(18-14-28)19-23-20(3)30-33(15-6-2)21(23)4;/h22,24-25,34H,5-19H2,1-4H3,(H,29,36);1H/t24-,25-;/m1./s1. The average molecular weight is 538 g/mol. The van der Waals surface area contributed by atoms with Gasteiger partial charge in [-0.05, 0) is 58.3 Å². The van der Waals surface area contributed by atoms with Gasteiger partial charge in [0.1, 0.15) is 11.6 Å². The maximum Gasteiger partial charge on any atom is 0.248 e. The molecule has 2 atom stereocenters. The number of aromatic nitrogens is 2. The second kappa shape index (κ2) is 12.9. The summed E-state index contributed by atoms with van der Waals surface area (Å²) in [6.45, 7) is 12.4. The third kappa shape index (κ3) is 6.01. The van der Waals surface area contributed by atoms with E-state index in [4.69, 9.17) is 5.10 Å². The van der Waals surface area contributed by atoms with Crippen LogP contribution < -0.4 is 5.32 Å². The van der Waals surface area contributed by atoms with Crippen LogP contribution >= 0.6 is 12.4 Å². The highest BCUT2D eigenvalue weighted by Crippen LogP contribution is 2.36. The molecule has 37 heavy (non-hydrogen) atoms. The number of aliphatic hydroxyl groups is 1. The molecule has 210 valence electrons. The molecule has 1 saturated carbocycles. The van der Waals surface area contributed by atoms with Crippen molar-refractivity contribution in [3.63, 3.8) is 0 Å². The minimum atomic E-state index is -0.809. The van der Waals surface area contributed by atoms with Crippen LogP contribution in [0.1, 0.15) is 95.0 Å². The van der Waals surface area contributed by atoms with Gasteiger partial charge in [0.25, 0.3) is 0 Å². The first-order chi connectivity index (χ1) is 17.3. The zero-order valence-electron chi connectivity index (χ0n) is 23.3. The van der Waals surface area contributed by atoms with Gasteiger partial charge in [-0.15, -0.1) is 12.4 Å². The number of rotatable bonds is 9. The predicted molar refractivity (Wildman–Crippen MR) is 148 cm³/mol. The van der Waals surface area contributed by atoms with Crippen LogP contribution in [0.5, 0.6) is 0 Å². The molecule has 1 spiro atoms. The van der Waals surface area contributed by atoms with Crippen molar-refractivity contribution in [2.45, 2.75) is 123 Å². The van der Waals surface area contributed by atoms with Crippen molar-refractivity contribution >= 4 is 24.2 Å². The van der Waals surface area contributed by atoms with Gasteiger partial charge in [0, 0.05) is 44.0 Å². The highest BCUT2D eigenvalue weighted by atomic mass is 35.5. The Bertz CT molecular complexity index is 921. The van der Waals surface area contributed by atoms with E-state index < -0.39 is 17.7 Å². The van der Waals surface area contributed by atoms with Gasteiger partial charge in [-0.2, -0.15) is 5.10 Å². The minimum absolute atomic E-state index is 0. The number of carbonyl (C=O) groups is 2. The van der Waals surface area contributed by atoms with Crippen LogP contribution in [-0.4, -0.2) is 73.8 Å². The number of likely N-dealkylation sites (tertiary alicyclic amines) is 1. The van der Waals surface area contributed by atoms with Crippen molar-refractivity contribution in [2.75, 3.05) is 19.6 Å². The van der Waals surface area contributed by atoms with Crippen molar-refractivity contribution in [2.24, 2.45) is 5.92 Å². The third-order valence-electron chi connectivity index (χ3n) is 9.00. The number of hydrogen-bond donors (Lipinski definition) is 2. The van der Waals surface area contributed by atoms with Crippen molar-refractivity contribution < 1.29 is 14.7 Å². The molecule has 8 nitrogen and oxygen atoms in total. The molecule has 9 heteroatoms. The molecule has 2 N–H and O–H groups in total. The van der Waals surface area contributed by atoms with Gasteiger partial charge in [-0.25, -0.2) is 0 Å². The van der Waals surface area contributed by atoms with Gasteiger partial charge in [-0.1, -0.05) is 39.5 Å². The second-order valence-corrected chi connectivity index (χ2v) is 11.4. The summed E-state index contributed by atoms with van der Waals surface area (Å²) in [5, 5.41) is 18.9. The topological polar surface area (TPSA) is 90.7 Å². The van der Waals surface area contributed by atoms with Gasteiger partial charge >= 0.3 is 0 Å². The number of nitrogens with one attached hydrogen (secondary N) is 1. The number of piperazine rings is 1. The Labute approximate surface area is 228 Å². The molecule has 0 unspecified atom stereocenters. The SMILES string of the molecule is CCCCN1C(=O)[C@@H]([C@H](O)C2CCCCC2)NC(=O)C12CCN(Cc1c(C)nn(CCC)c1C)CC2.Cl. The van der Waals surface area contributed by atoms with Crippen molar-refractivity contribution in [1.82, 2.24) is 24.9 Å². The number of carbonyl (C=O) groups excluding carboxylic acids is 2. The van der Waals surface area contributed by atoms with Crippen LogP contribution in [-0.2, 0) is 22.7 Å². The zero-order chi connectivity index (χ0) is 25.9. The number of piperidine rings is 1. The Hall–Kier alpha value is -1.64. The Kier molecular flexibility index (Phi) is 10.5. The quantitative estimate of drug-likeness (QED) is 0.501. The van der Waals surface area contributed by atoms with E-state index in [1.54, 1.807) is 0 Å². The lowest BCUT2D eigenvalue weighted by Gasteiger charge is -2.52. The van der Waals surface area contributed by atoms with Crippen LogP contribution in [0.4, 0.5) is 0 Å². The molecule has 1 aromatic heterocycles. The minimum Gasteiger partial charge on any atom is -0.390 e. The lowest BCUT2D eigenvalue weighted by Crippen LogP contribution is -2.75. The number of hydrogen-bond acceptors (Lipinski definition) is 5. The number of halogens is 1. The van der Waals surface area contributed by atoms with Crippen molar-refractivity contribution in [3.8, 4) is 0 Å². The van der Waals surface area contributed by atoms with Crippen molar-refractivity contribution in [3.05, 3.63) is 17.0 Å². The molecule has 0 aromatic carbocycles. The van der Waals surface area contributed by atoms with Crippen molar-refractivity contribution in [1.29, 1.82) is 0 Å². The third-order valence-corrected chi connectivity index (χ3v) is 9.00. The number of aryl methyl sites for hydroxylation is 2. The highest BCUT2D eigenvalue weighted by Gasteiger charge is 2.55. The molecule has 1 aromatic rings. The molecule has 2 aliphatic heterocycles. The first-order valence-electron chi connectivity index (χ1n) is 14.4. The monoisotopic (exact) mass is 537 g/mol. The molecule has 2 saturated heterocycles. The largest absolute Gasteiger partial charge is 0.390 e. The lowest BCUT2D eigenvalue weighted by molar-refractivity contribution is -0.166. The maximum absolute atomic E-state index is 13.8. The fourth-order valence-corrected chi connectivity index (χ4v) is 6.65. The number of aliphatic hydroxyl groups excluding tert-OH is 1. The summed E-state index contributed by atoms with van der Waals surface area (Å²) in [4.78, 5) is 31.7. The van der Waals surface area contributed by atoms with E-state index in [1.165, 1.54) is 17.7 Å². The average Bonchev–Trinajstić information content (AvgIpc) is 3.15. The zero-order valence-corrected chi connectivity index (χ0v) is 24.1. The molecule has 3 heterocycles. The van der Waals surface area contributed by atoms with E-state index in [2.05, 4.69) is 42.6 Å². The molecule has 4 rings (SSSR count). The lowest BCUT2D eigenvalue weighted by atomic mass is 9.78. The summed E-state index contributed by atoms with van der Waals surface area (Å²) < 4.78 is 2.10. The summed E-state index contributed by atoms with van der Waals surface area (Å²) in [7, 11) is 0. The van der Waals surface area contributed by atoms with E-state index in [9.17, 15) is 14.7 Å². The smallest absolute Gasteiger partial charge is 0.248 e. The Morgan fingerprint density at radius 2 is 1.73 bits per heavy atom. The van der Waals surface area contributed by atoms with Crippen LogP contribution in [0.3, 0.4) is 0 Å². The molecular formula is C28H48ClN5O3. The van der Waals surface area contributed by atoms with Gasteiger partial charge in [-0.3, -0.25) is 19.2 Å². The van der Waals surface area contributed by atoms with E-state index in [1.807, 2.05) is 4.90 Å². The van der Waals surface area contributed by atoms with E-state index in [0.29, 0.717) is 19.4 Å². The number of nitrogens with zero attached hydrogens (tertiary/aromatic N) is 4. The Balaban J connectivity index is 0.00000380. The van der Waals surface area contributed by atoms with Crippen LogP contribution in [0.15, 0.2) is 0 Å². The van der Waals surface area contributed by atoms with Crippen LogP contribution in [0.2, 0.25) is 0 Å². The number of unbranched alkanes of at least 4 members (excludes halogenated alkanes) is 1. The molecule has 3 aliphatic rings. The normalized spacial score (nSPS) is 23.7. The van der Waals surface area contributed by atoms with Crippen LogP contribution in [0.25, 0.3) is 0 Å². The van der Waals surface area contributed by atoms with Gasteiger partial charge in [0.05, 0.1) is 11.8 Å². The fourth-order valence-electron chi connectivity index (χ4n) is 6.65. The molecule has 2 amide bonds. The van der Waals surface area contributed by atoms with E-state index in [0.717, 1.165) is 76.8 Å². The first kappa shape index (κ1) is 29.9. The van der Waals surface area contributed by atoms with E-state index >= 15 is 0 Å². The van der Waals surface area contributed by atoms with Crippen LogP contribution in [0, 0.1) is 19.8 Å². The first-order valence-corrected chi connectivity index (χ1v) is 14.4.